The molecule has 1 aromatic heterocycles. The van der Waals surface area contributed by atoms with Crippen LogP contribution < -0.4 is 5.32 Å². The van der Waals surface area contributed by atoms with Crippen LogP contribution in [0.15, 0.2) is 54.6 Å². The number of para-hydroxylation sites is 3. The van der Waals surface area contributed by atoms with Crippen molar-refractivity contribution in [1.29, 1.82) is 0 Å². The van der Waals surface area contributed by atoms with Crippen molar-refractivity contribution in [1.82, 2.24) is 19.8 Å². The van der Waals surface area contributed by atoms with Gasteiger partial charge in [0.15, 0.2) is 0 Å². The van der Waals surface area contributed by atoms with Crippen LogP contribution in [0, 0.1) is 0 Å². The van der Waals surface area contributed by atoms with Crippen LogP contribution in [0.5, 0.6) is 0 Å². The van der Waals surface area contributed by atoms with E-state index in [1.54, 1.807) is 0 Å². The Labute approximate surface area is 177 Å². The Bertz CT molecular complexity index is 987. The number of imidazole rings is 1. The van der Waals surface area contributed by atoms with Gasteiger partial charge in [0, 0.05) is 43.7 Å². The van der Waals surface area contributed by atoms with E-state index in [2.05, 4.69) is 33.0 Å². The molecule has 6 heteroatoms. The zero-order valence-corrected chi connectivity index (χ0v) is 17.3. The third kappa shape index (κ3) is 4.02. The molecule has 1 N–H and O–H groups in total. The molecule has 2 bridgehead atoms. The molecule has 3 aromatic rings. The number of aromatic nitrogens is 2. The van der Waals surface area contributed by atoms with Gasteiger partial charge in [-0.05, 0) is 43.5 Å². The molecule has 5 nitrogen and oxygen atoms in total. The number of aryl methyl sites for hydroxylation is 1. The van der Waals surface area contributed by atoms with Gasteiger partial charge in [0.2, 0.25) is 5.91 Å². The summed E-state index contributed by atoms with van der Waals surface area (Å²) in [5.74, 6) is 1.20. The number of amides is 1. The monoisotopic (exact) mass is 410 g/mol. The van der Waals surface area contributed by atoms with Gasteiger partial charge in [0.1, 0.15) is 5.82 Å². The molecule has 152 valence electrons. The van der Waals surface area contributed by atoms with Gasteiger partial charge in [-0.15, -0.1) is 12.4 Å². The van der Waals surface area contributed by atoms with Crippen LogP contribution in [-0.4, -0.2) is 45.5 Å². The molecule has 3 heterocycles. The molecule has 2 fully saturated rings. The predicted octanol–water partition coefficient (Wildman–Crippen LogP) is 3.73. The summed E-state index contributed by atoms with van der Waals surface area (Å²) in [6, 6.07) is 19.6. The van der Waals surface area contributed by atoms with E-state index in [-0.39, 0.29) is 18.3 Å². The Morgan fingerprint density at radius 1 is 1.00 bits per heavy atom. The largest absolute Gasteiger partial charge is 0.341 e. The van der Waals surface area contributed by atoms with Gasteiger partial charge < -0.3 is 10.2 Å². The quantitative estimate of drug-likeness (QED) is 0.712. The Balaban J connectivity index is 0.00000205. The van der Waals surface area contributed by atoms with E-state index in [0.717, 1.165) is 42.1 Å². The Morgan fingerprint density at radius 2 is 1.76 bits per heavy atom. The van der Waals surface area contributed by atoms with E-state index in [9.17, 15) is 4.79 Å². The number of halogens is 1. The summed E-state index contributed by atoms with van der Waals surface area (Å²) < 4.78 is 2.19. The number of carbonyl (C=O) groups excluding carboxylic acids is 1. The lowest BCUT2D eigenvalue weighted by molar-refractivity contribution is -0.131. The zero-order valence-electron chi connectivity index (χ0n) is 16.5. The molecule has 2 aliphatic heterocycles. The highest BCUT2D eigenvalue weighted by Crippen LogP contribution is 2.24. The highest BCUT2D eigenvalue weighted by molar-refractivity contribution is 5.85. The molecule has 2 aliphatic rings. The number of rotatable bonds is 4. The number of nitrogens with one attached hydrogen (secondary N) is 1. The van der Waals surface area contributed by atoms with E-state index in [4.69, 9.17) is 4.98 Å². The number of likely N-dealkylation sites (tertiary alicyclic amines) is 1. The number of carbonyl (C=O) groups is 1. The SMILES string of the molecule is Cl.O=C(CCc1nc2ccccc2n1-c1ccccc1)N1CCC2CCC(C1)N2. The number of hydrogen-bond acceptors (Lipinski definition) is 3. The number of benzene rings is 2. The van der Waals surface area contributed by atoms with E-state index in [1.807, 2.05) is 36.4 Å². The first kappa shape index (κ1) is 19.9. The van der Waals surface area contributed by atoms with Crippen molar-refractivity contribution < 1.29 is 4.79 Å². The van der Waals surface area contributed by atoms with Crippen molar-refractivity contribution in [2.24, 2.45) is 0 Å². The second-order valence-electron chi connectivity index (χ2n) is 7.95. The topological polar surface area (TPSA) is 50.2 Å². The smallest absolute Gasteiger partial charge is 0.223 e. The third-order valence-electron chi connectivity index (χ3n) is 6.08. The van der Waals surface area contributed by atoms with Crippen LogP contribution in [0.2, 0.25) is 0 Å². The van der Waals surface area contributed by atoms with Crippen LogP contribution >= 0.6 is 12.4 Å². The summed E-state index contributed by atoms with van der Waals surface area (Å²) in [7, 11) is 0. The third-order valence-corrected chi connectivity index (χ3v) is 6.08. The van der Waals surface area contributed by atoms with Gasteiger partial charge in [-0.25, -0.2) is 4.98 Å². The molecule has 1 amide bonds. The minimum atomic E-state index is 0. The molecule has 2 saturated heterocycles. The van der Waals surface area contributed by atoms with Crippen molar-refractivity contribution in [3.63, 3.8) is 0 Å². The highest BCUT2D eigenvalue weighted by Gasteiger charge is 2.31. The first-order chi connectivity index (χ1) is 13.8. The van der Waals surface area contributed by atoms with Gasteiger partial charge in [0.05, 0.1) is 11.0 Å². The predicted molar refractivity (Wildman–Crippen MR) is 118 cm³/mol. The van der Waals surface area contributed by atoms with Gasteiger partial charge in [-0.1, -0.05) is 30.3 Å². The summed E-state index contributed by atoms with van der Waals surface area (Å²) in [4.78, 5) is 19.8. The normalized spacial score (nSPS) is 21.0. The highest BCUT2D eigenvalue weighted by atomic mass is 35.5. The Kier molecular flexibility index (Phi) is 5.88. The van der Waals surface area contributed by atoms with E-state index >= 15 is 0 Å². The maximum Gasteiger partial charge on any atom is 0.223 e. The van der Waals surface area contributed by atoms with Crippen LogP contribution in [0.1, 0.15) is 31.5 Å². The Hall–Kier alpha value is -2.37. The summed E-state index contributed by atoms with van der Waals surface area (Å²) in [5.41, 5.74) is 3.16. The first-order valence-electron chi connectivity index (χ1n) is 10.3. The van der Waals surface area contributed by atoms with E-state index in [0.29, 0.717) is 24.9 Å². The van der Waals surface area contributed by atoms with Crippen molar-refractivity contribution in [3.8, 4) is 5.69 Å². The average Bonchev–Trinajstić information content (AvgIpc) is 3.26. The lowest BCUT2D eigenvalue weighted by Gasteiger charge is -2.24. The standard InChI is InChI=1S/C23H26N4O.ClH/c28-23(26-15-14-17-10-11-18(16-26)24-17)13-12-22-25-20-8-4-5-9-21(20)27(22)19-6-2-1-3-7-19;/h1-9,17-18,24H,10-16H2;1H. The van der Waals surface area contributed by atoms with Crippen molar-refractivity contribution in [2.75, 3.05) is 13.1 Å². The molecule has 2 atom stereocenters. The van der Waals surface area contributed by atoms with E-state index in [1.165, 1.54) is 12.8 Å². The number of hydrogen-bond donors (Lipinski definition) is 1. The summed E-state index contributed by atoms with van der Waals surface area (Å²) in [6.07, 6.45) is 4.69. The Morgan fingerprint density at radius 3 is 2.62 bits per heavy atom. The second-order valence-corrected chi connectivity index (χ2v) is 7.95. The fraction of sp³-hybridized carbons (Fsp3) is 0.391. The number of nitrogens with zero attached hydrogens (tertiary/aromatic N) is 3. The number of fused-ring (bicyclic) bond motifs is 3. The molecule has 5 rings (SSSR count). The minimum absolute atomic E-state index is 0. The van der Waals surface area contributed by atoms with Crippen LogP contribution in [-0.2, 0) is 11.2 Å². The fourth-order valence-electron chi connectivity index (χ4n) is 4.66. The van der Waals surface area contributed by atoms with Crippen molar-refractivity contribution in [3.05, 3.63) is 60.4 Å². The lowest BCUT2D eigenvalue weighted by Crippen LogP contribution is -2.39. The summed E-state index contributed by atoms with van der Waals surface area (Å²) in [6.45, 7) is 1.73. The zero-order chi connectivity index (χ0) is 18.9. The van der Waals surface area contributed by atoms with Gasteiger partial charge >= 0.3 is 0 Å². The lowest BCUT2D eigenvalue weighted by atomic mass is 10.1. The van der Waals surface area contributed by atoms with Crippen LogP contribution in [0.25, 0.3) is 16.7 Å². The van der Waals surface area contributed by atoms with E-state index < -0.39 is 0 Å². The average molecular weight is 411 g/mol. The molecule has 0 radical (unpaired) electrons. The first-order valence-corrected chi connectivity index (χ1v) is 10.3. The molecular formula is C23H27ClN4O. The van der Waals surface area contributed by atoms with Crippen LogP contribution in [0.3, 0.4) is 0 Å². The van der Waals surface area contributed by atoms with Gasteiger partial charge in [0.25, 0.3) is 0 Å². The van der Waals surface area contributed by atoms with Gasteiger partial charge in [-0.2, -0.15) is 0 Å². The minimum Gasteiger partial charge on any atom is -0.341 e. The van der Waals surface area contributed by atoms with Crippen molar-refractivity contribution in [2.45, 2.75) is 44.2 Å². The molecular weight excluding hydrogens is 384 g/mol. The fourth-order valence-corrected chi connectivity index (χ4v) is 4.66. The molecule has 29 heavy (non-hydrogen) atoms. The van der Waals surface area contributed by atoms with Gasteiger partial charge in [-0.3, -0.25) is 9.36 Å². The second kappa shape index (κ2) is 8.56. The maximum absolute atomic E-state index is 12.9. The molecule has 0 aliphatic carbocycles. The summed E-state index contributed by atoms with van der Waals surface area (Å²) >= 11 is 0. The molecule has 0 spiro atoms. The molecule has 0 saturated carbocycles. The maximum atomic E-state index is 12.9. The van der Waals surface area contributed by atoms with Crippen molar-refractivity contribution >= 4 is 29.3 Å². The molecule has 2 aromatic carbocycles. The molecule has 2 unspecified atom stereocenters. The van der Waals surface area contributed by atoms with Crippen LogP contribution in [0.4, 0.5) is 0 Å². The summed E-state index contributed by atoms with van der Waals surface area (Å²) in [5, 5.41) is 3.65.